The van der Waals surface area contributed by atoms with E-state index in [0.717, 1.165) is 10.4 Å². The van der Waals surface area contributed by atoms with E-state index in [4.69, 9.17) is 13.9 Å². The largest absolute Gasteiger partial charge is 0.454 e. The molecule has 1 amide bonds. The highest BCUT2D eigenvalue weighted by Crippen LogP contribution is 2.37. The summed E-state index contributed by atoms with van der Waals surface area (Å²) in [7, 11) is -2.96. The van der Waals surface area contributed by atoms with Crippen LogP contribution in [0.2, 0.25) is 5.04 Å². The first-order valence-electron chi connectivity index (χ1n) is 14.0. The van der Waals surface area contributed by atoms with Crippen LogP contribution in [-0.2, 0) is 13.9 Å². The molecular formula is C33H41NO6Si. The minimum Gasteiger partial charge on any atom is -0.454 e. The molecule has 3 aromatic carbocycles. The molecule has 0 aromatic heterocycles. The Morgan fingerprint density at radius 1 is 0.829 bits per heavy atom. The van der Waals surface area contributed by atoms with Crippen LogP contribution in [0.1, 0.15) is 51.9 Å². The summed E-state index contributed by atoms with van der Waals surface area (Å²) in [5.74, 6) is -0.563. The number of aliphatic hydroxyl groups excluding tert-OH is 1. The van der Waals surface area contributed by atoms with Gasteiger partial charge in [-0.25, -0.2) is 9.59 Å². The lowest BCUT2D eigenvalue weighted by atomic mass is 10.1. The Labute approximate surface area is 244 Å². The topological polar surface area (TPSA) is 85.3 Å². The maximum atomic E-state index is 13.4. The number of aliphatic hydroxyl groups is 1. The van der Waals surface area contributed by atoms with Gasteiger partial charge in [-0.05, 0) is 48.3 Å². The zero-order valence-corrected chi connectivity index (χ0v) is 25.7. The number of esters is 1. The van der Waals surface area contributed by atoms with Crippen molar-refractivity contribution in [3.8, 4) is 0 Å². The molecule has 4 rings (SSSR count). The maximum Gasteiger partial charge on any atom is 0.410 e. The fraction of sp³-hybridized carbons (Fsp3) is 0.394. The Morgan fingerprint density at radius 3 is 1.78 bits per heavy atom. The lowest BCUT2D eigenvalue weighted by Gasteiger charge is -2.44. The molecule has 1 aliphatic rings. The van der Waals surface area contributed by atoms with Gasteiger partial charge in [0.15, 0.2) is 0 Å². The number of nitrogens with zero attached hydrogens (tertiary/aromatic N) is 1. The van der Waals surface area contributed by atoms with Crippen molar-refractivity contribution in [1.82, 2.24) is 4.90 Å². The van der Waals surface area contributed by atoms with Crippen LogP contribution in [-0.4, -0.2) is 67.4 Å². The number of amides is 1. The van der Waals surface area contributed by atoms with Gasteiger partial charge in [0.25, 0.3) is 8.32 Å². The zero-order valence-electron chi connectivity index (χ0n) is 24.7. The molecule has 7 nitrogen and oxygen atoms in total. The Bertz CT molecular complexity index is 1260. The van der Waals surface area contributed by atoms with Crippen LogP contribution >= 0.6 is 0 Å². The molecule has 41 heavy (non-hydrogen) atoms. The van der Waals surface area contributed by atoms with Crippen molar-refractivity contribution < 1.29 is 28.6 Å². The standard InChI is InChI=1S/C33H41NO6Si/c1-32(2,3)40-31(37)34-22-28(39-30(36)24-16-10-7-11-17-24)29(35)27(34)23-38-41(33(4,5)6,25-18-12-8-13-19-25)26-20-14-9-15-21-26/h7-21,27-29,35H,22-23H2,1-6H3/t27-,28+,29-/m1/s1. The van der Waals surface area contributed by atoms with Gasteiger partial charge in [0.2, 0.25) is 0 Å². The second kappa shape index (κ2) is 12.2. The molecule has 0 unspecified atom stereocenters. The van der Waals surface area contributed by atoms with E-state index in [9.17, 15) is 14.7 Å². The Morgan fingerprint density at radius 2 is 1.32 bits per heavy atom. The molecular weight excluding hydrogens is 534 g/mol. The van der Waals surface area contributed by atoms with Crippen molar-refractivity contribution in [3.63, 3.8) is 0 Å². The summed E-state index contributed by atoms with van der Waals surface area (Å²) < 4.78 is 18.5. The van der Waals surface area contributed by atoms with Crippen LogP contribution < -0.4 is 10.4 Å². The van der Waals surface area contributed by atoms with Crippen molar-refractivity contribution in [1.29, 1.82) is 0 Å². The summed E-state index contributed by atoms with van der Waals surface area (Å²) in [5.41, 5.74) is -0.375. The molecule has 1 fully saturated rings. The normalized spacial score (nSPS) is 19.6. The number of benzene rings is 3. The van der Waals surface area contributed by atoms with Crippen molar-refractivity contribution in [3.05, 3.63) is 96.6 Å². The molecule has 3 atom stereocenters. The average Bonchev–Trinajstić information content (AvgIpc) is 3.24. The van der Waals surface area contributed by atoms with Crippen LogP contribution in [0, 0.1) is 0 Å². The van der Waals surface area contributed by atoms with Crippen LogP contribution in [0.3, 0.4) is 0 Å². The second-order valence-corrected chi connectivity index (χ2v) is 16.8. The summed E-state index contributed by atoms with van der Waals surface area (Å²) in [4.78, 5) is 27.7. The number of hydrogen-bond donors (Lipinski definition) is 1. The lowest BCUT2D eigenvalue weighted by Crippen LogP contribution is -2.67. The SMILES string of the molecule is CC(C)(C)OC(=O)N1C[C@H](OC(=O)c2ccccc2)[C@H](O)[C@H]1CO[Si](c1ccccc1)(c1ccccc1)C(C)(C)C. The third kappa shape index (κ3) is 6.72. The molecule has 0 aliphatic carbocycles. The minimum atomic E-state index is -2.96. The second-order valence-electron chi connectivity index (χ2n) is 12.5. The average molecular weight is 576 g/mol. The Kier molecular flexibility index (Phi) is 9.06. The number of likely N-dealkylation sites (tertiary alicyclic amines) is 1. The van der Waals surface area contributed by atoms with Crippen LogP contribution in [0.4, 0.5) is 4.79 Å². The first kappa shape index (κ1) is 30.5. The summed E-state index contributed by atoms with van der Waals surface area (Å²) in [5, 5.41) is 13.4. The van der Waals surface area contributed by atoms with Gasteiger partial charge >= 0.3 is 12.1 Å². The van der Waals surface area contributed by atoms with Gasteiger partial charge in [-0.2, -0.15) is 0 Å². The molecule has 0 radical (unpaired) electrons. The molecule has 0 spiro atoms. The van der Waals surface area contributed by atoms with Crippen molar-refractivity contribution >= 4 is 30.8 Å². The number of hydrogen-bond acceptors (Lipinski definition) is 6. The molecule has 0 bridgehead atoms. The highest BCUT2D eigenvalue weighted by Gasteiger charge is 2.53. The highest BCUT2D eigenvalue weighted by molar-refractivity contribution is 6.99. The monoisotopic (exact) mass is 575 g/mol. The molecule has 3 aromatic rings. The quantitative estimate of drug-likeness (QED) is 0.323. The number of rotatable bonds is 7. The first-order chi connectivity index (χ1) is 19.3. The number of carbonyl (C=O) groups excluding carboxylic acids is 2. The van der Waals surface area contributed by atoms with Gasteiger partial charge in [-0.15, -0.1) is 0 Å². The van der Waals surface area contributed by atoms with E-state index in [0.29, 0.717) is 5.56 Å². The van der Waals surface area contributed by atoms with E-state index in [1.165, 1.54) is 4.90 Å². The molecule has 1 aliphatic heterocycles. The highest BCUT2D eigenvalue weighted by atomic mass is 28.4. The van der Waals surface area contributed by atoms with Gasteiger partial charge < -0.3 is 19.0 Å². The zero-order chi connectivity index (χ0) is 29.8. The number of carbonyl (C=O) groups is 2. The van der Waals surface area contributed by atoms with Gasteiger partial charge in [0.1, 0.15) is 17.8 Å². The molecule has 218 valence electrons. The van der Waals surface area contributed by atoms with Gasteiger partial charge in [-0.3, -0.25) is 4.90 Å². The first-order valence-corrected chi connectivity index (χ1v) is 15.9. The van der Waals surface area contributed by atoms with Crippen molar-refractivity contribution in [2.24, 2.45) is 0 Å². The predicted octanol–water partition coefficient (Wildman–Crippen LogP) is 4.77. The summed E-state index contributed by atoms with van der Waals surface area (Å²) >= 11 is 0. The lowest BCUT2D eigenvalue weighted by molar-refractivity contribution is -0.0108. The van der Waals surface area contributed by atoms with E-state index in [1.807, 2.05) is 42.5 Å². The molecule has 8 heteroatoms. The fourth-order valence-corrected chi connectivity index (χ4v) is 10.0. The van der Waals surface area contributed by atoms with Crippen LogP contribution in [0.15, 0.2) is 91.0 Å². The molecule has 1 N–H and O–H groups in total. The molecule has 0 saturated carbocycles. The third-order valence-electron chi connectivity index (χ3n) is 7.34. The van der Waals surface area contributed by atoms with Gasteiger partial charge in [-0.1, -0.05) is 99.6 Å². The third-order valence-corrected chi connectivity index (χ3v) is 12.3. The van der Waals surface area contributed by atoms with E-state index in [1.54, 1.807) is 45.0 Å². The van der Waals surface area contributed by atoms with Crippen molar-refractivity contribution in [2.75, 3.05) is 13.2 Å². The molecule has 1 heterocycles. The number of ether oxygens (including phenoxy) is 2. The van der Waals surface area contributed by atoms with Gasteiger partial charge in [0, 0.05) is 0 Å². The summed E-state index contributed by atoms with van der Waals surface area (Å²) in [6.07, 6.45) is -2.71. The predicted molar refractivity (Wildman–Crippen MR) is 162 cm³/mol. The van der Waals surface area contributed by atoms with Crippen LogP contribution in [0.5, 0.6) is 0 Å². The van der Waals surface area contributed by atoms with Gasteiger partial charge in [0.05, 0.1) is 24.8 Å². The Hall–Kier alpha value is -3.46. The smallest absolute Gasteiger partial charge is 0.410 e. The van der Waals surface area contributed by atoms with E-state index in [2.05, 4.69) is 45.0 Å². The van der Waals surface area contributed by atoms with Crippen molar-refractivity contribution in [2.45, 2.75) is 70.4 Å². The minimum absolute atomic E-state index is 0.0105. The maximum absolute atomic E-state index is 13.4. The van der Waals surface area contributed by atoms with E-state index >= 15 is 0 Å². The summed E-state index contributed by atoms with van der Waals surface area (Å²) in [6, 6.07) is 28.1. The van der Waals surface area contributed by atoms with E-state index in [-0.39, 0.29) is 18.2 Å². The summed E-state index contributed by atoms with van der Waals surface area (Å²) in [6.45, 7) is 11.9. The fourth-order valence-electron chi connectivity index (χ4n) is 5.45. The van der Waals surface area contributed by atoms with E-state index < -0.39 is 44.2 Å². The molecule has 1 saturated heterocycles. The Balaban J connectivity index is 1.69. The van der Waals surface area contributed by atoms with Crippen LogP contribution in [0.25, 0.3) is 0 Å².